The number of halogens is 1. The van der Waals surface area contributed by atoms with Crippen LogP contribution in [0, 0.1) is 31.1 Å². The fourth-order valence-electron chi connectivity index (χ4n) is 5.07. The average molecular weight is 412 g/mol. The van der Waals surface area contributed by atoms with Gasteiger partial charge in [0.1, 0.15) is 17.5 Å². The minimum atomic E-state index is -1.91. The molecule has 0 radical (unpaired) electrons. The highest BCUT2D eigenvalue weighted by atomic mass is 19.1. The van der Waals surface area contributed by atoms with Crippen molar-refractivity contribution in [1.82, 2.24) is 4.90 Å². The van der Waals surface area contributed by atoms with Crippen molar-refractivity contribution in [3.8, 4) is 11.8 Å². The number of carbonyl (C=O) groups is 3. The summed E-state index contributed by atoms with van der Waals surface area (Å²) in [7, 11) is 0. The quantitative estimate of drug-likeness (QED) is 0.545. The fourth-order valence-corrected chi connectivity index (χ4v) is 5.07. The predicted molar refractivity (Wildman–Crippen MR) is 114 cm³/mol. The fraction of sp³-hybridized carbons (Fsp3) is 0.560. The van der Waals surface area contributed by atoms with Gasteiger partial charge in [-0.3, -0.25) is 14.4 Å². The summed E-state index contributed by atoms with van der Waals surface area (Å²) in [6, 6.07) is 3.87. The number of piperidine rings is 1. The molecule has 1 saturated carbocycles. The van der Waals surface area contributed by atoms with Crippen molar-refractivity contribution >= 4 is 17.5 Å². The molecular weight excluding hydrogens is 381 g/mol. The molecule has 1 aliphatic carbocycles. The second kappa shape index (κ2) is 7.98. The van der Waals surface area contributed by atoms with Gasteiger partial charge in [0.15, 0.2) is 5.67 Å². The van der Waals surface area contributed by atoms with Gasteiger partial charge >= 0.3 is 0 Å². The Balaban J connectivity index is 1.79. The number of nitrogens with zero attached hydrogens (tertiary/aromatic N) is 1. The third-order valence-electron chi connectivity index (χ3n) is 6.51. The van der Waals surface area contributed by atoms with Crippen LogP contribution in [0.4, 0.5) is 4.39 Å². The van der Waals surface area contributed by atoms with E-state index in [4.69, 9.17) is 0 Å². The Morgan fingerprint density at radius 1 is 1.10 bits per heavy atom. The van der Waals surface area contributed by atoms with Crippen molar-refractivity contribution in [1.29, 1.82) is 0 Å². The van der Waals surface area contributed by atoms with E-state index in [0.717, 1.165) is 22.3 Å². The number of likely N-dealkylation sites (tertiary alicyclic amines) is 1. The minimum absolute atomic E-state index is 0.0441. The lowest BCUT2D eigenvalue weighted by Gasteiger charge is -2.45. The van der Waals surface area contributed by atoms with Crippen molar-refractivity contribution in [3.63, 3.8) is 0 Å². The Morgan fingerprint density at radius 2 is 1.60 bits per heavy atom. The van der Waals surface area contributed by atoms with Crippen LogP contribution in [0.3, 0.4) is 0 Å². The Bertz CT molecular complexity index is 910. The van der Waals surface area contributed by atoms with Crippen LogP contribution in [-0.4, -0.2) is 41.1 Å². The average Bonchev–Trinajstić information content (AvgIpc) is 2.63. The molecule has 1 saturated heterocycles. The summed E-state index contributed by atoms with van der Waals surface area (Å²) in [6.45, 7) is 8.94. The maximum atomic E-state index is 14.0. The number of rotatable bonds is 2. The molecule has 0 atom stereocenters. The lowest BCUT2D eigenvalue weighted by molar-refractivity contribution is -0.146. The molecule has 1 aromatic rings. The largest absolute Gasteiger partial charge is 0.340 e. The molecular formula is C25H30FNO3. The molecule has 0 bridgehead atoms. The van der Waals surface area contributed by atoms with Gasteiger partial charge in [-0.1, -0.05) is 5.92 Å². The number of hydrogen-bond acceptors (Lipinski definition) is 3. The monoisotopic (exact) mass is 411 g/mol. The van der Waals surface area contributed by atoms with Crippen molar-refractivity contribution in [3.05, 3.63) is 34.4 Å². The van der Waals surface area contributed by atoms with E-state index in [9.17, 15) is 18.8 Å². The summed E-state index contributed by atoms with van der Waals surface area (Å²) in [4.78, 5) is 40.1. The second-order valence-corrected chi connectivity index (χ2v) is 9.38. The van der Waals surface area contributed by atoms with E-state index >= 15 is 0 Å². The summed E-state index contributed by atoms with van der Waals surface area (Å²) in [5.74, 6) is 4.58. The van der Waals surface area contributed by atoms with Crippen LogP contribution in [0.2, 0.25) is 0 Å². The Hall–Kier alpha value is -2.48. The van der Waals surface area contributed by atoms with Crippen molar-refractivity contribution in [2.75, 3.05) is 13.1 Å². The van der Waals surface area contributed by atoms with Crippen LogP contribution in [-0.2, 0) is 14.4 Å². The van der Waals surface area contributed by atoms with E-state index < -0.39 is 22.9 Å². The minimum Gasteiger partial charge on any atom is -0.340 e. The zero-order valence-electron chi connectivity index (χ0n) is 18.5. The molecule has 0 aromatic heterocycles. The standard InChI is InChI=1S/C25H30FNO3/c1-6-7-18-12-16(2)21(17(3)13-18)22-19(28)14-25(15-20(22)29)8-10-27(11-9-25)23(30)24(4,5)26/h12-13,22H,8-11,14-15H2,1-5H3. The Kier molecular flexibility index (Phi) is 5.91. The summed E-state index contributed by atoms with van der Waals surface area (Å²) < 4.78 is 14.0. The molecule has 160 valence electrons. The zero-order valence-corrected chi connectivity index (χ0v) is 18.5. The normalized spacial score (nSPS) is 19.6. The lowest BCUT2D eigenvalue weighted by Crippen LogP contribution is -2.51. The van der Waals surface area contributed by atoms with Crippen LogP contribution in [0.5, 0.6) is 0 Å². The Labute approximate surface area is 178 Å². The molecule has 3 rings (SSSR count). The molecule has 0 unspecified atom stereocenters. The van der Waals surface area contributed by atoms with Crippen molar-refractivity contribution in [2.45, 2.75) is 71.9 Å². The van der Waals surface area contributed by atoms with Crippen LogP contribution >= 0.6 is 0 Å². The van der Waals surface area contributed by atoms with E-state index in [2.05, 4.69) is 11.8 Å². The highest BCUT2D eigenvalue weighted by Crippen LogP contribution is 2.46. The molecule has 1 spiro atoms. The highest BCUT2D eigenvalue weighted by molar-refractivity contribution is 6.10. The number of carbonyl (C=O) groups excluding carboxylic acids is 3. The smallest absolute Gasteiger partial charge is 0.259 e. The van der Waals surface area contributed by atoms with Crippen LogP contribution < -0.4 is 0 Å². The predicted octanol–water partition coefficient (Wildman–Crippen LogP) is 4.05. The molecule has 1 amide bonds. The molecule has 1 heterocycles. The van der Waals surface area contributed by atoms with E-state index in [0.29, 0.717) is 38.8 Å². The SMILES string of the molecule is CC#Cc1cc(C)c(C2C(=O)CC3(CCN(C(=O)C(C)(C)F)CC3)CC2=O)c(C)c1. The number of aryl methyl sites for hydroxylation is 2. The molecule has 2 fully saturated rings. The maximum Gasteiger partial charge on any atom is 0.259 e. The zero-order chi connectivity index (χ0) is 22.3. The van der Waals surface area contributed by atoms with Gasteiger partial charge in [0.2, 0.25) is 0 Å². The van der Waals surface area contributed by atoms with Gasteiger partial charge in [-0.25, -0.2) is 4.39 Å². The summed E-state index contributed by atoms with van der Waals surface area (Å²) >= 11 is 0. The maximum absolute atomic E-state index is 14.0. The summed E-state index contributed by atoms with van der Waals surface area (Å²) in [6.07, 6.45) is 1.78. The molecule has 1 aromatic carbocycles. The number of Topliss-reactive ketones (excluding diaryl/α,β-unsaturated/α-hetero) is 2. The topological polar surface area (TPSA) is 54.5 Å². The first kappa shape index (κ1) is 22.2. The van der Waals surface area contributed by atoms with E-state index in [-0.39, 0.29) is 11.6 Å². The summed E-state index contributed by atoms with van der Waals surface area (Å²) in [5, 5.41) is 0. The van der Waals surface area contributed by atoms with Gasteiger partial charge in [0, 0.05) is 31.5 Å². The first-order valence-corrected chi connectivity index (χ1v) is 10.5. The van der Waals surface area contributed by atoms with Gasteiger partial charge in [-0.15, -0.1) is 5.92 Å². The van der Waals surface area contributed by atoms with E-state index in [1.807, 2.05) is 26.0 Å². The van der Waals surface area contributed by atoms with E-state index in [1.54, 1.807) is 6.92 Å². The highest BCUT2D eigenvalue weighted by Gasteiger charge is 2.48. The molecule has 1 aliphatic heterocycles. The number of amides is 1. The van der Waals surface area contributed by atoms with Gasteiger partial charge in [-0.2, -0.15) is 0 Å². The number of alkyl halides is 1. The first-order valence-electron chi connectivity index (χ1n) is 10.5. The molecule has 30 heavy (non-hydrogen) atoms. The van der Waals surface area contributed by atoms with Crippen LogP contribution in [0.1, 0.15) is 74.6 Å². The molecule has 0 N–H and O–H groups in total. The van der Waals surface area contributed by atoms with Crippen molar-refractivity contribution < 1.29 is 18.8 Å². The second-order valence-electron chi connectivity index (χ2n) is 9.38. The van der Waals surface area contributed by atoms with Gasteiger partial charge < -0.3 is 4.90 Å². The van der Waals surface area contributed by atoms with Crippen LogP contribution in [0.25, 0.3) is 0 Å². The van der Waals surface area contributed by atoms with Crippen LogP contribution in [0.15, 0.2) is 12.1 Å². The molecule has 2 aliphatic rings. The third kappa shape index (κ3) is 4.19. The van der Waals surface area contributed by atoms with Gasteiger partial charge in [0.05, 0.1) is 0 Å². The van der Waals surface area contributed by atoms with Crippen molar-refractivity contribution in [2.24, 2.45) is 5.41 Å². The number of benzene rings is 1. The first-order chi connectivity index (χ1) is 14.0. The van der Waals surface area contributed by atoms with Gasteiger partial charge in [0.25, 0.3) is 5.91 Å². The number of hydrogen-bond donors (Lipinski definition) is 0. The van der Waals surface area contributed by atoms with E-state index in [1.165, 1.54) is 18.7 Å². The summed E-state index contributed by atoms with van der Waals surface area (Å²) in [5.41, 5.74) is 1.22. The van der Waals surface area contributed by atoms with Gasteiger partial charge in [-0.05, 0) is 81.7 Å². The number of ketones is 2. The third-order valence-corrected chi connectivity index (χ3v) is 6.51. The molecule has 5 heteroatoms. The molecule has 4 nitrogen and oxygen atoms in total. The lowest BCUT2D eigenvalue weighted by atomic mass is 9.62. The Morgan fingerprint density at radius 3 is 2.03 bits per heavy atom.